The molecule has 7 nitrogen and oxygen atoms in total. The molecule has 4 atom stereocenters. The minimum absolute atomic E-state index is 0.0595. The second kappa shape index (κ2) is 9.72. The summed E-state index contributed by atoms with van der Waals surface area (Å²) in [7, 11) is 0. The van der Waals surface area contributed by atoms with Crippen LogP contribution in [0.15, 0.2) is 48.5 Å². The van der Waals surface area contributed by atoms with Gasteiger partial charge >= 0.3 is 12.1 Å². The first-order valence-electron chi connectivity index (χ1n) is 12.7. The Morgan fingerprint density at radius 1 is 1.03 bits per heavy atom. The van der Waals surface area contributed by atoms with E-state index < -0.39 is 24.1 Å². The Balaban J connectivity index is 1.26. The normalized spacial score (nSPS) is 23.7. The molecule has 1 saturated heterocycles. The van der Waals surface area contributed by atoms with Crippen LogP contribution in [0.2, 0.25) is 0 Å². The van der Waals surface area contributed by atoms with E-state index in [1.165, 1.54) is 0 Å². The highest BCUT2D eigenvalue weighted by molar-refractivity contribution is 5.90. The van der Waals surface area contributed by atoms with Crippen LogP contribution in [0.1, 0.15) is 62.5 Å². The number of hydrogen-bond acceptors (Lipinski definition) is 4. The van der Waals surface area contributed by atoms with Crippen LogP contribution in [0.3, 0.4) is 0 Å². The Bertz CT molecular complexity index is 1090. The van der Waals surface area contributed by atoms with Crippen LogP contribution in [-0.2, 0) is 14.3 Å². The molecule has 7 heteroatoms. The summed E-state index contributed by atoms with van der Waals surface area (Å²) in [6.07, 6.45) is 4.05. The van der Waals surface area contributed by atoms with Gasteiger partial charge in [0.05, 0.1) is 0 Å². The maximum atomic E-state index is 13.5. The van der Waals surface area contributed by atoms with Crippen LogP contribution in [0.5, 0.6) is 0 Å². The van der Waals surface area contributed by atoms with E-state index in [0.717, 1.165) is 47.9 Å². The van der Waals surface area contributed by atoms with Gasteiger partial charge in [0.15, 0.2) is 0 Å². The van der Waals surface area contributed by atoms with Gasteiger partial charge in [-0.25, -0.2) is 9.59 Å². The van der Waals surface area contributed by atoms with Gasteiger partial charge in [-0.3, -0.25) is 4.79 Å². The third kappa shape index (κ3) is 4.28. The minimum atomic E-state index is -0.969. The SMILES string of the molecule is CC[C@@H](NC(=O)OCC1c2ccccc2-c2ccccc21)C(=O)N1C(C(=O)O)CC2CCCCC21. The van der Waals surface area contributed by atoms with E-state index in [1.54, 1.807) is 4.90 Å². The number of benzene rings is 2. The maximum Gasteiger partial charge on any atom is 0.407 e. The van der Waals surface area contributed by atoms with Gasteiger partial charge in [0, 0.05) is 12.0 Å². The molecular formula is C28H32N2O5. The number of hydrogen-bond donors (Lipinski definition) is 2. The lowest BCUT2D eigenvalue weighted by Crippen LogP contribution is -2.54. The first-order valence-corrected chi connectivity index (χ1v) is 12.7. The first kappa shape index (κ1) is 23.4. The highest BCUT2D eigenvalue weighted by Gasteiger charge is 2.48. The Morgan fingerprint density at radius 2 is 1.66 bits per heavy atom. The first-order chi connectivity index (χ1) is 17.0. The zero-order chi connectivity index (χ0) is 24.5. The molecule has 0 radical (unpaired) electrons. The van der Waals surface area contributed by atoms with Gasteiger partial charge in [-0.1, -0.05) is 68.3 Å². The van der Waals surface area contributed by atoms with Crippen molar-refractivity contribution in [2.45, 2.75) is 69.5 Å². The minimum Gasteiger partial charge on any atom is -0.480 e. The standard InChI is InChI=1S/C28H32N2O5/c1-2-23(26(31)30-24-14-8-3-9-17(24)15-25(30)27(32)33)29-28(34)35-16-22-20-12-6-4-10-18(20)19-11-5-7-13-21(19)22/h4-7,10-13,17,22-25H,2-3,8-9,14-16H2,1H3,(H,29,34)(H,32,33)/t17?,23-,24?,25?/m1/s1. The fraction of sp³-hybridized carbons (Fsp3) is 0.464. The quantitative estimate of drug-likeness (QED) is 0.638. The molecule has 1 aliphatic heterocycles. The molecule has 2 amide bonds. The number of likely N-dealkylation sites (tertiary alicyclic amines) is 1. The highest BCUT2D eigenvalue weighted by Crippen LogP contribution is 2.44. The Morgan fingerprint density at radius 3 is 2.29 bits per heavy atom. The van der Waals surface area contributed by atoms with Gasteiger partial charge < -0.3 is 20.1 Å². The molecule has 1 saturated carbocycles. The summed E-state index contributed by atoms with van der Waals surface area (Å²) in [6.45, 7) is 1.98. The maximum absolute atomic E-state index is 13.5. The number of nitrogens with zero attached hydrogens (tertiary/aromatic N) is 1. The van der Waals surface area contributed by atoms with Crippen molar-refractivity contribution in [3.63, 3.8) is 0 Å². The van der Waals surface area contributed by atoms with Crippen LogP contribution in [0.4, 0.5) is 4.79 Å². The molecule has 3 aliphatic rings. The molecule has 0 aromatic heterocycles. The summed E-state index contributed by atoms with van der Waals surface area (Å²) < 4.78 is 5.63. The number of carbonyl (C=O) groups excluding carboxylic acids is 2. The number of alkyl carbamates (subject to hydrolysis) is 1. The van der Waals surface area contributed by atoms with Crippen LogP contribution >= 0.6 is 0 Å². The van der Waals surface area contributed by atoms with E-state index in [9.17, 15) is 19.5 Å². The topological polar surface area (TPSA) is 95.9 Å². The lowest BCUT2D eigenvalue weighted by atomic mass is 9.84. The largest absolute Gasteiger partial charge is 0.480 e. The predicted molar refractivity (Wildman–Crippen MR) is 131 cm³/mol. The molecule has 2 fully saturated rings. The summed E-state index contributed by atoms with van der Waals surface area (Å²) in [5, 5.41) is 12.5. The number of rotatable bonds is 6. The van der Waals surface area contributed by atoms with Gasteiger partial charge in [-0.2, -0.15) is 0 Å². The molecule has 2 N–H and O–H groups in total. The number of ether oxygens (including phenoxy) is 1. The Hall–Kier alpha value is -3.35. The average molecular weight is 477 g/mol. The van der Waals surface area contributed by atoms with Crippen LogP contribution in [-0.4, -0.2) is 52.7 Å². The fourth-order valence-corrected chi connectivity index (χ4v) is 6.30. The zero-order valence-corrected chi connectivity index (χ0v) is 20.0. The molecule has 184 valence electrons. The van der Waals surface area contributed by atoms with E-state index in [0.29, 0.717) is 12.8 Å². The average Bonchev–Trinajstić information content (AvgIpc) is 3.42. The van der Waals surface area contributed by atoms with Crippen molar-refractivity contribution >= 4 is 18.0 Å². The molecule has 2 aromatic rings. The molecule has 5 rings (SSSR count). The fourth-order valence-electron chi connectivity index (χ4n) is 6.30. The van der Waals surface area contributed by atoms with Crippen molar-refractivity contribution in [2.75, 3.05) is 6.61 Å². The summed E-state index contributed by atoms with van der Waals surface area (Å²) in [5.74, 6) is -1.13. The predicted octanol–water partition coefficient (Wildman–Crippen LogP) is 4.55. The van der Waals surface area contributed by atoms with Gasteiger partial charge in [-0.15, -0.1) is 0 Å². The van der Waals surface area contributed by atoms with E-state index in [4.69, 9.17) is 4.74 Å². The van der Waals surface area contributed by atoms with E-state index in [1.807, 2.05) is 31.2 Å². The highest BCUT2D eigenvalue weighted by atomic mass is 16.5. The lowest BCUT2D eigenvalue weighted by molar-refractivity contribution is -0.150. The van der Waals surface area contributed by atoms with Crippen molar-refractivity contribution in [2.24, 2.45) is 5.92 Å². The number of carboxylic acids is 1. The molecule has 1 heterocycles. The number of carboxylic acid groups (broad SMARTS) is 1. The van der Waals surface area contributed by atoms with Crippen LogP contribution < -0.4 is 5.32 Å². The second-order valence-corrected chi connectivity index (χ2v) is 9.88. The smallest absolute Gasteiger partial charge is 0.407 e. The summed E-state index contributed by atoms with van der Waals surface area (Å²) in [5.41, 5.74) is 4.53. The van der Waals surface area contributed by atoms with Crippen LogP contribution in [0, 0.1) is 5.92 Å². The number of aliphatic carboxylic acids is 1. The molecule has 2 aromatic carbocycles. The molecule has 35 heavy (non-hydrogen) atoms. The number of carbonyl (C=O) groups is 3. The number of nitrogens with one attached hydrogen (secondary N) is 1. The third-order valence-corrected chi connectivity index (χ3v) is 7.97. The van der Waals surface area contributed by atoms with Crippen molar-refractivity contribution < 1.29 is 24.2 Å². The van der Waals surface area contributed by atoms with Crippen LogP contribution in [0.25, 0.3) is 11.1 Å². The molecule has 0 bridgehead atoms. The molecule has 3 unspecified atom stereocenters. The van der Waals surface area contributed by atoms with E-state index in [-0.39, 0.29) is 30.4 Å². The second-order valence-electron chi connectivity index (χ2n) is 9.88. The summed E-state index contributed by atoms with van der Waals surface area (Å²) in [4.78, 5) is 39.7. The van der Waals surface area contributed by atoms with Gasteiger partial charge in [0.1, 0.15) is 18.7 Å². The van der Waals surface area contributed by atoms with Gasteiger partial charge in [0.25, 0.3) is 0 Å². The molecule has 2 aliphatic carbocycles. The third-order valence-electron chi connectivity index (χ3n) is 7.97. The Labute approximate surface area is 205 Å². The van der Waals surface area contributed by atoms with Crippen molar-refractivity contribution in [3.8, 4) is 11.1 Å². The number of amides is 2. The van der Waals surface area contributed by atoms with Crippen molar-refractivity contribution in [1.29, 1.82) is 0 Å². The van der Waals surface area contributed by atoms with Gasteiger partial charge in [-0.05, 0) is 53.9 Å². The van der Waals surface area contributed by atoms with Crippen molar-refractivity contribution in [3.05, 3.63) is 59.7 Å². The van der Waals surface area contributed by atoms with E-state index >= 15 is 0 Å². The molecule has 0 spiro atoms. The molecular weight excluding hydrogens is 444 g/mol. The van der Waals surface area contributed by atoms with E-state index in [2.05, 4.69) is 29.6 Å². The van der Waals surface area contributed by atoms with Crippen molar-refractivity contribution in [1.82, 2.24) is 10.2 Å². The monoisotopic (exact) mass is 476 g/mol. The lowest BCUT2D eigenvalue weighted by Gasteiger charge is -2.35. The van der Waals surface area contributed by atoms with Gasteiger partial charge in [0.2, 0.25) is 5.91 Å². The summed E-state index contributed by atoms with van der Waals surface area (Å²) >= 11 is 0. The zero-order valence-electron chi connectivity index (χ0n) is 20.0. The Kier molecular flexibility index (Phi) is 6.50. The summed E-state index contributed by atoms with van der Waals surface area (Å²) in [6, 6.07) is 14.5. The number of fused-ring (bicyclic) bond motifs is 4.